The van der Waals surface area contributed by atoms with Crippen molar-refractivity contribution in [3.63, 3.8) is 0 Å². The summed E-state index contributed by atoms with van der Waals surface area (Å²) in [5, 5.41) is 9.83. The maximum absolute atomic E-state index is 12.5. The molecule has 1 aliphatic carbocycles. The Balaban J connectivity index is 1.68. The second-order valence-corrected chi connectivity index (χ2v) is 6.78. The molecule has 1 aromatic carbocycles. The standard InChI is InChI=1S/C18H18N2O6/c21-9-18-8-12(20-7-6-13(22)19-17(20)24)14(15(18)25-10-18)26-16(23)11-4-2-1-3-5-11/h1-7,12,14-15,21H,8-10H2,(H,19,22,24). The number of hydrogen-bond acceptors (Lipinski definition) is 6. The fraction of sp³-hybridized carbons (Fsp3) is 0.389. The smallest absolute Gasteiger partial charge is 0.338 e. The van der Waals surface area contributed by atoms with Gasteiger partial charge in [-0.1, -0.05) is 18.2 Å². The van der Waals surface area contributed by atoms with Crippen molar-refractivity contribution in [3.05, 3.63) is 69.0 Å². The zero-order valence-electron chi connectivity index (χ0n) is 13.8. The summed E-state index contributed by atoms with van der Waals surface area (Å²) in [4.78, 5) is 38.3. The predicted octanol–water partition coefficient (Wildman–Crippen LogP) is 0.0845. The summed E-state index contributed by atoms with van der Waals surface area (Å²) in [6.45, 7) is 0.202. The minimum Gasteiger partial charge on any atom is -0.454 e. The van der Waals surface area contributed by atoms with Gasteiger partial charge in [-0.05, 0) is 18.6 Å². The molecule has 1 saturated heterocycles. The number of rotatable bonds is 4. The van der Waals surface area contributed by atoms with Crippen molar-refractivity contribution in [2.75, 3.05) is 13.2 Å². The molecule has 26 heavy (non-hydrogen) atoms. The van der Waals surface area contributed by atoms with Gasteiger partial charge in [0.2, 0.25) is 0 Å². The van der Waals surface area contributed by atoms with Crippen molar-refractivity contribution in [2.24, 2.45) is 5.41 Å². The molecule has 0 amide bonds. The summed E-state index contributed by atoms with van der Waals surface area (Å²) in [7, 11) is 0. The fourth-order valence-electron chi connectivity index (χ4n) is 3.82. The number of esters is 1. The van der Waals surface area contributed by atoms with E-state index in [-0.39, 0.29) is 6.61 Å². The highest BCUT2D eigenvalue weighted by atomic mass is 16.6. The van der Waals surface area contributed by atoms with Gasteiger partial charge in [0.15, 0.2) is 0 Å². The van der Waals surface area contributed by atoms with Crippen molar-refractivity contribution < 1.29 is 19.4 Å². The lowest BCUT2D eigenvalue weighted by Crippen LogP contribution is -2.55. The van der Waals surface area contributed by atoms with Crippen molar-refractivity contribution in [1.82, 2.24) is 9.55 Å². The van der Waals surface area contributed by atoms with Gasteiger partial charge in [0.1, 0.15) is 12.2 Å². The lowest BCUT2D eigenvalue weighted by atomic mass is 9.81. The van der Waals surface area contributed by atoms with Gasteiger partial charge in [-0.3, -0.25) is 14.3 Å². The number of carbonyl (C=O) groups excluding carboxylic acids is 1. The molecular formula is C18H18N2O6. The van der Waals surface area contributed by atoms with E-state index in [1.807, 2.05) is 0 Å². The van der Waals surface area contributed by atoms with Crippen LogP contribution in [0.25, 0.3) is 0 Å². The molecule has 2 aromatic rings. The first kappa shape index (κ1) is 16.7. The number of benzene rings is 1. The molecular weight excluding hydrogens is 340 g/mol. The van der Waals surface area contributed by atoms with Gasteiger partial charge in [0.05, 0.1) is 24.8 Å². The van der Waals surface area contributed by atoms with Gasteiger partial charge >= 0.3 is 11.7 Å². The van der Waals surface area contributed by atoms with Crippen LogP contribution in [0.15, 0.2) is 52.2 Å². The first-order chi connectivity index (χ1) is 12.5. The second kappa shape index (κ2) is 6.22. The van der Waals surface area contributed by atoms with Gasteiger partial charge in [-0.2, -0.15) is 0 Å². The number of aliphatic hydroxyl groups excluding tert-OH is 1. The Morgan fingerprint density at radius 2 is 2.08 bits per heavy atom. The number of carbonyl (C=O) groups is 1. The van der Waals surface area contributed by atoms with Gasteiger partial charge in [-0.15, -0.1) is 0 Å². The van der Waals surface area contributed by atoms with Crippen molar-refractivity contribution in [3.8, 4) is 0 Å². The van der Waals surface area contributed by atoms with Gasteiger partial charge in [0.25, 0.3) is 5.56 Å². The summed E-state index contributed by atoms with van der Waals surface area (Å²) in [6.07, 6.45) is 0.550. The van der Waals surface area contributed by atoms with Crippen LogP contribution in [0.4, 0.5) is 0 Å². The average Bonchev–Trinajstić information content (AvgIpc) is 2.83. The number of aromatic nitrogens is 2. The molecule has 4 unspecified atom stereocenters. The minimum absolute atomic E-state index is 0.133. The fourth-order valence-corrected chi connectivity index (χ4v) is 3.82. The molecule has 8 nitrogen and oxygen atoms in total. The van der Waals surface area contributed by atoms with E-state index in [9.17, 15) is 19.5 Å². The van der Waals surface area contributed by atoms with Crippen LogP contribution in [0.5, 0.6) is 0 Å². The first-order valence-electron chi connectivity index (χ1n) is 8.34. The number of nitrogens with one attached hydrogen (secondary N) is 1. The molecule has 8 heteroatoms. The Labute approximate surface area is 148 Å². The summed E-state index contributed by atoms with van der Waals surface area (Å²) >= 11 is 0. The third kappa shape index (κ3) is 2.58. The highest BCUT2D eigenvalue weighted by Crippen LogP contribution is 2.53. The Hall–Kier alpha value is -2.71. The molecule has 1 saturated carbocycles. The molecule has 4 rings (SSSR count). The third-order valence-corrected chi connectivity index (χ3v) is 5.22. The molecule has 0 bridgehead atoms. The Morgan fingerprint density at radius 3 is 2.69 bits per heavy atom. The highest BCUT2D eigenvalue weighted by Gasteiger charge is 2.62. The van der Waals surface area contributed by atoms with Crippen LogP contribution in [-0.2, 0) is 9.47 Å². The van der Waals surface area contributed by atoms with E-state index in [4.69, 9.17) is 9.47 Å². The molecule has 2 heterocycles. The van der Waals surface area contributed by atoms with Crippen LogP contribution in [0.2, 0.25) is 0 Å². The number of H-pyrrole nitrogens is 1. The monoisotopic (exact) mass is 358 g/mol. The minimum atomic E-state index is -0.743. The number of hydrogen-bond donors (Lipinski definition) is 2. The quantitative estimate of drug-likeness (QED) is 0.749. The van der Waals surface area contributed by atoms with Crippen molar-refractivity contribution >= 4 is 5.97 Å². The van der Waals surface area contributed by atoms with E-state index in [2.05, 4.69) is 4.98 Å². The van der Waals surface area contributed by atoms with E-state index in [0.29, 0.717) is 18.6 Å². The Kier molecular flexibility index (Phi) is 4.01. The molecule has 1 aromatic heterocycles. The van der Waals surface area contributed by atoms with Crippen LogP contribution in [0, 0.1) is 5.41 Å². The molecule has 4 atom stereocenters. The van der Waals surface area contributed by atoms with E-state index in [1.54, 1.807) is 30.3 Å². The maximum atomic E-state index is 12.5. The summed E-state index contributed by atoms with van der Waals surface area (Å²) in [5.41, 5.74) is -1.25. The number of fused-ring (bicyclic) bond motifs is 1. The van der Waals surface area contributed by atoms with Gasteiger partial charge < -0.3 is 14.6 Å². The molecule has 2 fully saturated rings. The molecule has 2 N–H and O–H groups in total. The second-order valence-electron chi connectivity index (χ2n) is 6.78. The van der Waals surface area contributed by atoms with Crippen molar-refractivity contribution in [1.29, 1.82) is 0 Å². The number of nitrogens with zero attached hydrogens (tertiary/aromatic N) is 1. The van der Waals surface area contributed by atoms with Crippen LogP contribution in [0.1, 0.15) is 22.8 Å². The number of aliphatic hydroxyl groups is 1. The summed E-state index contributed by atoms with van der Waals surface area (Å²) in [6, 6.07) is 9.23. The molecule has 0 spiro atoms. The molecule has 2 aliphatic rings. The number of ether oxygens (including phenoxy) is 2. The van der Waals surface area contributed by atoms with Gasteiger partial charge in [0, 0.05) is 17.7 Å². The molecule has 136 valence electrons. The summed E-state index contributed by atoms with van der Waals surface area (Å²) < 4.78 is 12.6. The van der Waals surface area contributed by atoms with Crippen LogP contribution in [0.3, 0.4) is 0 Å². The lowest BCUT2D eigenvalue weighted by Gasteiger charge is -2.44. The molecule has 0 radical (unpaired) electrons. The van der Waals surface area contributed by atoms with E-state index in [1.165, 1.54) is 16.8 Å². The lowest BCUT2D eigenvalue weighted by molar-refractivity contribution is -0.211. The van der Waals surface area contributed by atoms with E-state index in [0.717, 1.165) is 0 Å². The highest BCUT2D eigenvalue weighted by molar-refractivity contribution is 5.89. The zero-order valence-corrected chi connectivity index (χ0v) is 13.8. The molecule has 1 aliphatic heterocycles. The van der Waals surface area contributed by atoms with Crippen LogP contribution < -0.4 is 11.2 Å². The third-order valence-electron chi connectivity index (χ3n) is 5.22. The SMILES string of the molecule is O=C(OC1C(n2ccc(=O)[nH]c2=O)CC2(CO)COC12)c1ccccc1. The zero-order chi connectivity index (χ0) is 18.3. The maximum Gasteiger partial charge on any atom is 0.338 e. The first-order valence-corrected chi connectivity index (χ1v) is 8.34. The van der Waals surface area contributed by atoms with E-state index < -0.39 is 40.9 Å². The van der Waals surface area contributed by atoms with Crippen LogP contribution in [-0.4, -0.2) is 46.0 Å². The number of aromatic amines is 1. The largest absolute Gasteiger partial charge is 0.454 e. The summed E-state index contributed by atoms with van der Waals surface area (Å²) in [5.74, 6) is -0.526. The average molecular weight is 358 g/mol. The Bertz CT molecular complexity index is 932. The van der Waals surface area contributed by atoms with Crippen LogP contribution >= 0.6 is 0 Å². The topological polar surface area (TPSA) is 111 Å². The predicted molar refractivity (Wildman–Crippen MR) is 89.9 cm³/mol. The van der Waals surface area contributed by atoms with Gasteiger partial charge in [-0.25, -0.2) is 9.59 Å². The van der Waals surface area contributed by atoms with Crippen molar-refractivity contribution in [2.45, 2.75) is 24.7 Å². The Morgan fingerprint density at radius 1 is 1.31 bits per heavy atom. The normalized spacial score (nSPS) is 29.7. The van der Waals surface area contributed by atoms with E-state index >= 15 is 0 Å².